The summed E-state index contributed by atoms with van der Waals surface area (Å²) in [6.45, 7) is 6.48. The third-order valence-corrected chi connectivity index (χ3v) is 5.09. The molecule has 10 heteroatoms. The summed E-state index contributed by atoms with van der Waals surface area (Å²) in [4.78, 5) is 24.7. The molecule has 0 radical (unpaired) electrons. The monoisotopic (exact) mass is 410 g/mol. The van der Waals surface area contributed by atoms with Crippen molar-refractivity contribution < 1.29 is 4.79 Å². The Bertz CT molecular complexity index is 969. The molecule has 2 heterocycles. The summed E-state index contributed by atoms with van der Waals surface area (Å²) in [5.74, 6) is -0.439. The fourth-order valence-electron chi connectivity index (χ4n) is 2.14. The van der Waals surface area contributed by atoms with Crippen molar-refractivity contribution in [1.82, 2.24) is 9.97 Å². The number of fused-ring (bicyclic) bond motifs is 1. The van der Waals surface area contributed by atoms with Crippen LogP contribution in [0.5, 0.6) is 0 Å². The molecule has 7 nitrogen and oxygen atoms in total. The van der Waals surface area contributed by atoms with E-state index in [0.717, 1.165) is 10.2 Å². The molecule has 3 rings (SSSR count). The van der Waals surface area contributed by atoms with Crippen LogP contribution in [0.4, 0.5) is 10.3 Å². The summed E-state index contributed by atoms with van der Waals surface area (Å²) in [6, 6.07) is 6.15. The quantitative estimate of drug-likeness (QED) is 0.449. The van der Waals surface area contributed by atoms with Crippen LogP contribution in [0.3, 0.4) is 0 Å². The zero-order chi connectivity index (χ0) is 18.2. The van der Waals surface area contributed by atoms with Crippen molar-refractivity contribution in [3.8, 4) is 0 Å². The zero-order valence-electron chi connectivity index (χ0n) is 14.4. The van der Waals surface area contributed by atoms with Crippen LogP contribution in [0, 0.1) is 0 Å². The van der Waals surface area contributed by atoms with E-state index in [1.54, 1.807) is 5.38 Å². The lowest BCUT2D eigenvalue weighted by Crippen LogP contribution is -2.21. The Kier molecular flexibility index (Phi) is 5.84. The van der Waals surface area contributed by atoms with E-state index in [1.165, 1.54) is 28.2 Å². The highest BCUT2D eigenvalue weighted by molar-refractivity contribution is 7.22. The van der Waals surface area contributed by atoms with E-state index in [4.69, 9.17) is 11.5 Å². The van der Waals surface area contributed by atoms with Crippen molar-refractivity contribution >= 4 is 67.4 Å². The highest BCUT2D eigenvalue weighted by Crippen LogP contribution is 2.31. The molecule has 0 aliphatic rings. The number of benzene rings is 1. The first kappa shape index (κ1) is 20.1. The number of amides is 1. The van der Waals surface area contributed by atoms with Crippen molar-refractivity contribution in [3.05, 3.63) is 34.8 Å². The molecule has 1 amide bonds. The first-order valence-corrected chi connectivity index (χ1v) is 9.19. The maximum atomic E-state index is 12.3. The van der Waals surface area contributed by atoms with Gasteiger partial charge in [0, 0.05) is 5.38 Å². The SMILES string of the molecule is CC(C)(C)c1ccc2nc(NC(=O)c3csc(N=C(N)N)n3)sc2c1.Cl. The van der Waals surface area contributed by atoms with Gasteiger partial charge in [0.2, 0.25) is 5.13 Å². The third-order valence-electron chi connectivity index (χ3n) is 3.42. The standard InChI is InChI=1S/C16H18N6OS2.ClH/c1-16(2,3)8-4-5-9-11(6-8)25-15(19-9)21-12(23)10-7-24-14(20-10)22-13(17)18;/h4-7H,1-3H3,(H,19,21,23)(H4,17,18,20,22);1H. The van der Waals surface area contributed by atoms with Gasteiger partial charge in [-0.3, -0.25) is 10.1 Å². The Morgan fingerprint density at radius 1 is 1.23 bits per heavy atom. The van der Waals surface area contributed by atoms with E-state index >= 15 is 0 Å². The van der Waals surface area contributed by atoms with Crippen LogP contribution >= 0.6 is 35.1 Å². The number of guanidine groups is 1. The summed E-state index contributed by atoms with van der Waals surface area (Å²) in [7, 11) is 0. The molecule has 1 aromatic carbocycles. The lowest BCUT2D eigenvalue weighted by Gasteiger charge is -2.18. The number of carbonyl (C=O) groups is 1. The molecule has 3 aromatic rings. The molecule has 26 heavy (non-hydrogen) atoms. The number of aliphatic imine (C=N–C) groups is 1. The van der Waals surface area contributed by atoms with Crippen LogP contribution in [0.15, 0.2) is 28.6 Å². The number of nitrogens with one attached hydrogen (secondary N) is 1. The number of carbonyl (C=O) groups excluding carboxylic acids is 1. The molecule has 0 saturated heterocycles. The van der Waals surface area contributed by atoms with Crippen molar-refractivity contribution in [2.24, 2.45) is 16.5 Å². The molecular formula is C16H19ClN6OS2. The number of aromatic nitrogens is 2. The van der Waals surface area contributed by atoms with Gasteiger partial charge in [-0.1, -0.05) is 38.2 Å². The highest BCUT2D eigenvalue weighted by Gasteiger charge is 2.17. The number of anilines is 1. The number of hydrogen-bond donors (Lipinski definition) is 3. The van der Waals surface area contributed by atoms with Gasteiger partial charge in [0.1, 0.15) is 5.69 Å². The molecule has 0 unspecified atom stereocenters. The Morgan fingerprint density at radius 3 is 2.62 bits per heavy atom. The molecule has 0 aliphatic carbocycles. The Morgan fingerprint density at radius 2 is 1.96 bits per heavy atom. The first-order valence-electron chi connectivity index (χ1n) is 7.50. The van der Waals surface area contributed by atoms with Crippen LogP contribution in [0.25, 0.3) is 10.2 Å². The largest absolute Gasteiger partial charge is 0.370 e. The summed E-state index contributed by atoms with van der Waals surface area (Å²) >= 11 is 2.62. The summed E-state index contributed by atoms with van der Waals surface area (Å²) < 4.78 is 1.03. The van der Waals surface area contributed by atoms with Crippen molar-refractivity contribution in [1.29, 1.82) is 0 Å². The lowest BCUT2D eigenvalue weighted by atomic mass is 9.87. The minimum absolute atomic E-state index is 0. The average Bonchev–Trinajstić information content (AvgIpc) is 3.10. The van der Waals surface area contributed by atoms with Gasteiger partial charge in [-0.25, -0.2) is 9.97 Å². The fourth-order valence-corrected chi connectivity index (χ4v) is 3.72. The van der Waals surface area contributed by atoms with Gasteiger partial charge in [-0.15, -0.1) is 23.7 Å². The second-order valence-corrected chi connectivity index (χ2v) is 8.32. The molecule has 0 bridgehead atoms. The van der Waals surface area contributed by atoms with Gasteiger partial charge < -0.3 is 11.5 Å². The Hall–Kier alpha value is -2.23. The third kappa shape index (κ3) is 4.48. The molecule has 0 fully saturated rings. The number of nitrogens with two attached hydrogens (primary N) is 2. The number of hydrogen-bond acceptors (Lipinski definition) is 6. The molecule has 0 aliphatic heterocycles. The molecule has 0 saturated carbocycles. The van der Waals surface area contributed by atoms with Crippen LogP contribution in [-0.4, -0.2) is 21.8 Å². The number of rotatable bonds is 3. The summed E-state index contributed by atoms with van der Waals surface area (Å²) in [5, 5.41) is 5.24. The summed E-state index contributed by atoms with van der Waals surface area (Å²) in [5.41, 5.74) is 13.0. The second kappa shape index (κ2) is 7.56. The maximum absolute atomic E-state index is 12.3. The lowest BCUT2D eigenvalue weighted by molar-refractivity contribution is 0.102. The highest BCUT2D eigenvalue weighted by atomic mass is 35.5. The van der Waals surface area contributed by atoms with E-state index in [0.29, 0.717) is 10.3 Å². The first-order chi connectivity index (χ1) is 11.7. The van der Waals surface area contributed by atoms with Gasteiger partial charge in [-0.2, -0.15) is 4.99 Å². The van der Waals surface area contributed by atoms with Crippen LogP contribution in [0.2, 0.25) is 0 Å². The molecule has 0 spiro atoms. The minimum Gasteiger partial charge on any atom is -0.370 e. The van der Waals surface area contributed by atoms with Crippen molar-refractivity contribution in [2.75, 3.05) is 5.32 Å². The van der Waals surface area contributed by atoms with Crippen LogP contribution < -0.4 is 16.8 Å². The normalized spacial score (nSPS) is 11.0. The van der Waals surface area contributed by atoms with Crippen molar-refractivity contribution in [3.63, 3.8) is 0 Å². The predicted octanol–water partition coefficient (Wildman–Crippen LogP) is 3.63. The number of nitrogens with zero attached hydrogens (tertiary/aromatic N) is 3. The van der Waals surface area contributed by atoms with E-state index < -0.39 is 0 Å². The minimum atomic E-state index is -0.344. The predicted molar refractivity (Wildman–Crippen MR) is 111 cm³/mol. The molecule has 138 valence electrons. The van der Waals surface area contributed by atoms with Gasteiger partial charge in [-0.05, 0) is 23.1 Å². The molecule has 5 N–H and O–H groups in total. The topological polar surface area (TPSA) is 119 Å². The fraction of sp³-hybridized carbons (Fsp3) is 0.250. The van der Waals surface area contributed by atoms with Gasteiger partial charge >= 0.3 is 0 Å². The van der Waals surface area contributed by atoms with Gasteiger partial charge in [0.05, 0.1) is 10.2 Å². The Balaban J connectivity index is 0.00000243. The van der Waals surface area contributed by atoms with E-state index in [2.05, 4.69) is 53.2 Å². The number of thiazole rings is 2. The maximum Gasteiger partial charge on any atom is 0.276 e. The smallest absolute Gasteiger partial charge is 0.276 e. The van der Waals surface area contributed by atoms with E-state index in [1.807, 2.05) is 6.07 Å². The van der Waals surface area contributed by atoms with Crippen LogP contribution in [0.1, 0.15) is 36.8 Å². The summed E-state index contributed by atoms with van der Waals surface area (Å²) in [6.07, 6.45) is 0. The molecule has 2 aromatic heterocycles. The van der Waals surface area contributed by atoms with Crippen LogP contribution in [-0.2, 0) is 5.41 Å². The van der Waals surface area contributed by atoms with Crippen molar-refractivity contribution in [2.45, 2.75) is 26.2 Å². The van der Waals surface area contributed by atoms with E-state index in [9.17, 15) is 4.79 Å². The molecule has 0 atom stereocenters. The average molecular weight is 411 g/mol. The van der Waals surface area contributed by atoms with Gasteiger partial charge in [0.15, 0.2) is 11.1 Å². The van der Waals surface area contributed by atoms with Gasteiger partial charge in [0.25, 0.3) is 5.91 Å². The van der Waals surface area contributed by atoms with E-state index in [-0.39, 0.29) is 35.4 Å². The Labute approximate surface area is 165 Å². The number of halogens is 1. The molecular weight excluding hydrogens is 392 g/mol. The zero-order valence-corrected chi connectivity index (χ0v) is 16.9. The second-order valence-electron chi connectivity index (χ2n) is 6.46.